The van der Waals surface area contributed by atoms with Crippen molar-refractivity contribution in [1.82, 2.24) is 10.3 Å². The molecule has 5 aromatic rings. The molecule has 1 atom stereocenters. The van der Waals surface area contributed by atoms with E-state index in [0.29, 0.717) is 16.8 Å². The quantitative estimate of drug-likeness (QED) is 0.112. The van der Waals surface area contributed by atoms with E-state index in [1.54, 1.807) is 67.0 Å². The Labute approximate surface area is 266 Å². The van der Waals surface area contributed by atoms with Crippen molar-refractivity contribution >= 4 is 46.9 Å². The van der Waals surface area contributed by atoms with E-state index in [1.165, 1.54) is 11.8 Å². The van der Waals surface area contributed by atoms with Gasteiger partial charge >= 0.3 is 0 Å². The van der Waals surface area contributed by atoms with Gasteiger partial charge in [0, 0.05) is 34.2 Å². The predicted molar refractivity (Wildman–Crippen MR) is 181 cm³/mol. The minimum atomic E-state index is -0.505. The predicted octanol–water partition coefficient (Wildman–Crippen LogP) is 7.58. The molecule has 224 valence electrons. The summed E-state index contributed by atoms with van der Waals surface area (Å²) in [5.74, 6) is -1.02. The molecule has 0 bridgehead atoms. The van der Waals surface area contributed by atoms with Crippen LogP contribution in [0, 0.1) is 13.8 Å². The first-order valence-electron chi connectivity index (χ1n) is 14.3. The van der Waals surface area contributed by atoms with Crippen LogP contribution in [0.15, 0.2) is 138 Å². The topological polar surface area (TPSA) is 100 Å². The average molecular weight is 613 g/mol. The lowest BCUT2D eigenvalue weighted by atomic mass is 10.1. The molecule has 4 aromatic carbocycles. The molecule has 0 saturated carbocycles. The van der Waals surface area contributed by atoms with Crippen molar-refractivity contribution in [3.8, 4) is 0 Å². The van der Waals surface area contributed by atoms with Crippen molar-refractivity contribution in [1.29, 1.82) is 0 Å². The van der Waals surface area contributed by atoms with E-state index in [-0.39, 0.29) is 11.6 Å². The number of carbonyl (C=O) groups excluding carboxylic acids is 3. The molecule has 45 heavy (non-hydrogen) atoms. The van der Waals surface area contributed by atoms with Crippen LogP contribution in [-0.4, -0.2) is 22.7 Å². The van der Waals surface area contributed by atoms with E-state index in [0.717, 1.165) is 27.3 Å². The third-order valence-corrected chi connectivity index (χ3v) is 7.99. The Hall–Kier alpha value is -5.47. The van der Waals surface area contributed by atoms with E-state index in [4.69, 9.17) is 0 Å². The minimum Gasteiger partial charge on any atom is -0.325 e. The molecule has 1 heterocycles. The number of thioether (sulfide) groups is 1. The number of pyridine rings is 1. The van der Waals surface area contributed by atoms with Crippen molar-refractivity contribution < 1.29 is 14.4 Å². The van der Waals surface area contributed by atoms with Gasteiger partial charge in [-0.2, -0.15) is 0 Å². The van der Waals surface area contributed by atoms with Crippen molar-refractivity contribution in [2.45, 2.75) is 24.0 Å². The minimum absolute atomic E-state index is 0.0718. The van der Waals surface area contributed by atoms with Crippen LogP contribution >= 0.6 is 11.8 Å². The molecule has 3 N–H and O–H groups in total. The highest BCUT2D eigenvalue weighted by atomic mass is 32.2. The van der Waals surface area contributed by atoms with Crippen LogP contribution in [0.5, 0.6) is 0 Å². The Balaban J connectivity index is 1.32. The molecule has 0 fully saturated rings. The van der Waals surface area contributed by atoms with Crippen LogP contribution in [0.2, 0.25) is 0 Å². The number of carbonyl (C=O) groups is 3. The number of nitrogens with one attached hydrogen (secondary N) is 3. The molecule has 7 nitrogen and oxygen atoms in total. The number of hydrogen-bond acceptors (Lipinski definition) is 5. The Bertz CT molecular complexity index is 1790. The Kier molecular flexibility index (Phi) is 10.2. The third-order valence-electron chi connectivity index (χ3n) is 6.72. The standard InChI is InChI=1S/C37H32N4O3S/c1-25-20-26(2)22-31(21-25)40-37(44)34(28-11-5-3-6-12-28)45-32-17-15-30(16-18-32)39-36(43)33(23-27-10-9-19-38-24-27)41-35(42)29-13-7-4-8-14-29/h3-24,34H,1-2H3,(H,39,43)(H,40,44)(H,41,42)/b33-23-. The van der Waals surface area contributed by atoms with Gasteiger partial charge in [-0.15, -0.1) is 11.8 Å². The number of anilines is 2. The zero-order valence-electron chi connectivity index (χ0n) is 24.9. The molecule has 0 saturated heterocycles. The van der Waals surface area contributed by atoms with Gasteiger partial charge in [0.2, 0.25) is 5.91 Å². The molecule has 1 aromatic heterocycles. The summed E-state index contributed by atoms with van der Waals surface area (Å²) in [6, 6.07) is 35.1. The fraction of sp³-hybridized carbons (Fsp3) is 0.0811. The molecule has 0 spiro atoms. The molecule has 8 heteroatoms. The fourth-order valence-electron chi connectivity index (χ4n) is 4.68. The number of nitrogens with zero attached hydrogens (tertiary/aromatic N) is 1. The zero-order valence-corrected chi connectivity index (χ0v) is 25.7. The second-order valence-corrected chi connectivity index (χ2v) is 11.6. The van der Waals surface area contributed by atoms with Crippen LogP contribution < -0.4 is 16.0 Å². The smallest absolute Gasteiger partial charge is 0.272 e. The summed E-state index contributed by atoms with van der Waals surface area (Å²) in [5, 5.41) is 8.17. The van der Waals surface area contributed by atoms with Gasteiger partial charge in [-0.25, -0.2) is 0 Å². The van der Waals surface area contributed by atoms with Crippen LogP contribution in [0.25, 0.3) is 6.08 Å². The first-order chi connectivity index (χ1) is 21.8. The largest absolute Gasteiger partial charge is 0.325 e. The van der Waals surface area contributed by atoms with Gasteiger partial charge in [-0.3, -0.25) is 19.4 Å². The Morgan fingerprint density at radius 1 is 0.733 bits per heavy atom. The van der Waals surface area contributed by atoms with Crippen molar-refractivity contribution in [3.05, 3.63) is 161 Å². The SMILES string of the molecule is Cc1cc(C)cc(NC(=O)C(Sc2ccc(NC(=O)/C(=C/c3cccnc3)NC(=O)c3ccccc3)cc2)c2ccccc2)c1. The zero-order chi connectivity index (χ0) is 31.6. The van der Waals surface area contributed by atoms with Gasteiger partial charge < -0.3 is 16.0 Å². The molecular formula is C37H32N4O3S. The lowest BCUT2D eigenvalue weighted by molar-refractivity contribution is -0.116. The van der Waals surface area contributed by atoms with E-state index in [9.17, 15) is 14.4 Å². The summed E-state index contributed by atoms with van der Waals surface area (Å²) in [5.41, 5.74) is 5.48. The van der Waals surface area contributed by atoms with Crippen LogP contribution in [0.4, 0.5) is 11.4 Å². The Morgan fingerprint density at radius 2 is 1.40 bits per heavy atom. The first-order valence-corrected chi connectivity index (χ1v) is 15.2. The Morgan fingerprint density at radius 3 is 2.04 bits per heavy atom. The number of amides is 3. The van der Waals surface area contributed by atoms with Gasteiger partial charge in [-0.1, -0.05) is 60.7 Å². The molecule has 3 amide bonds. The van der Waals surface area contributed by atoms with Crippen LogP contribution in [0.3, 0.4) is 0 Å². The lowest BCUT2D eigenvalue weighted by Gasteiger charge is -2.18. The first kappa shape index (κ1) is 31.0. The summed E-state index contributed by atoms with van der Waals surface area (Å²) in [6.45, 7) is 4.00. The van der Waals surface area contributed by atoms with Crippen LogP contribution in [-0.2, 0) is 9.59 Å². The van der Waals surface area contributed by atoms with Gasteiger partial charge in [0.25, 0.3) is 11.8 Å². The number of hydrogen-bond donors (Lipinski definition) is 3. The number of aryl methyl sites for hydroxylation is 2. The summed E-state index contributed by atoms with van der Waals surface area (Å²) in [4.78, 5) is 44.7. The fourth-order valence-corrected chi connectivity index (χ4v) is 5.70. The molecule has 0 radical (unpaired) electrons. The highest BCUT2D eigenvalue weighted by Gasteiger charge is 2.23. The molecule has 1 unspecified atom stereocenters. The number of benzene rings is 4. The maximum Gasteiger partial charge on any atom is 0.272 e. The maximum absolute atomic E-state index is 13.5. The van der Waals surface area contributed by atoms with Crippen LogP contribution in [0.1, 0.15) is 37.9 Å². The van der Waals surface area contributed by atoms with Crippen molar-refractivity contribution in [3.63, 3.8) is 0 Å². The highest BCUT2D eigenvalue weighted by molar-refractivity contribution is 8.00. The summed E-state index contributed by atoms with van der Waals surface area (Å²) >= 11 is 1.42. The van der Waals surface area contributed by atoms with E-state index < -0.39 is 17.1 Å². The molecule has 5 rings (SSSR count). The summed E-state index contributed by atoms with van der Waals surface area (Å²) in [6.07, 6.45) is 4.81. The lowest BCUT2D eigenvalue weighted by Crippen LogP contribution is -2.30. The summed E-state index contributed by atoms with van der Waals surface area (Å²) in [7, 11) is 0. The molecule has 0 aliphatic carbocycles. The molecule has 0 aliphatic heterocycles. The van der Waals surface area contributed by atoms with Gasteiger partial charge in [0.1, 0.15) is 10.9 Å². The summed E-state index contributed by atoms with van der Waals surface area (Å²) < 4.78 is 0. The third kappa shape index (κ3) is 8.78. The van der Waals surface area contributed by atoms with Crippen molar-refractivity contribution in [2.75, 3.05) is 10.6 Å². The molecule has 0 aliphatic rings. The average Bonchev–Trinajstić information content (AvgIpc) is 3.04. The second kappa shape index (κ2) is 14.8. The maximum atomic E-state index is 13.5. The van der Waals surface area contributed by atoms with Gasteiger partial charge in [-0.05, 0) is 96.8 Å². The number of rotatable bonds is 10. The highest BCUT2D eigenvalue weighted by Crippen LogP contribution is 2.37. The van der Waals surface area contributed by atoms with E-state index in [2.05, 4.69) is 27.0 Å². The normalized spacial score (nSPS) is 11.7. The van der Waals surface area contributed by atoms with Crippen molar-refractivity contribution in [2.24, 2.45) is 0 Å². The molecular weight excluding hydrogens is 580 g/mol. The van der Waals surface area contributed by atoms with E-state index >= 15 is 0 Å². The van der Waals surface area contributed by atoms with Gasteiger partial charge in [0.15, 0.2) is 0 Å². The second-order valence-electron chi connectivity index (χ2n) is 10.4. The van der Waals surface area contributed by atoms with E-state index in [1.807, 2.05) is 74.5 Å². The number of aromatic nitrogens is 1. The van der Waals surface area contributed by atoms with Gasteiger partial charge in [0.05, 0.1) is 0 Å². The monoisotopic (exact) mass is 612 g/mol.